The van der Waals surface area contributed by atoms with Gasteiger partial charge in [0.05, 0.1) is 33.9 Å². The van der Waals surface area contributed by atoms with Gasteiger partial charge in [0.1, 0.15) is 0 Å². The molecule has 0 spiro atoms. The largest absolute Gasteiger partial charge is 0.467 e. The van der Waals surface area contributed by atoms with Crippen molar-refractivity contribution in [3.8, 4) is 0 Å². The van der Waals surface area contributed by atoms with E-state index in [-0.39, 0.29) is 5.97 Å². The summed E-state index contributed by atoms with van der Waals surface area (Å²) in [4.78, 5) is 16.9. The minimum absolute atomic E-state index is 0.368. The highest BCUT2D eigenvalue weighted by Crippen LogP contribution is 2.29. The minimum Gasteiger partial charge on any atom is -0.467 e. The van der Waals surface area contributed by atoms with Crippen molar-refractivity contribution in [2.24, 2.45) is 0 Å². The summed E-state index contributed by atoms with van der Waals surface area (Å²) in [5.41, 5.74) is 3.20. The fraction of sp³-hybridized carbons (Fsp3) is 0.231. The van der Waals surface area contributed by atoms with Crippen LogP contribution in [0.2, 0.25) is 5.02 Å². The van der Waals surface area contributed by atoms with E-state index >= 15 is 0 Å². The lowest BCUT2D eigenvalue weighted by atomic mass is 10.2. The molecule has 0 radical (unpaired) electrons. The lowest BCUT2D eigenvalue weighted by molar-refractivity contribution is -0.141. The van der Waals surface area contributed by atoms with E-state index in [1.807, 2.05) is 25.1 Å². The first-order valence-electron chi connectivity index (χ1n) is 5.62. The van der Waals surface area contributed by atoms with Gasteiger partial charge in [0.15, 0.2) is 6.04 Å². The molecule has 1 aromatic carbocycles. The van der Waals surface area contributed by atoms with Gasteiger partial charge in [-0.1, -0.05) is 23.7 Å². The number of esters is 1. The number of anilines is 1. The second kappa shape index (κ2) is 6.04. The Kier molecular flexibility index (Phi) is 4.39. The Morgan fingerprint density at radius 1 is 1.47 bits per heavy atom. The van der Waals surface area contributed by atoms with Crippen LogP contribution in [0.4, 0.5) is 5.69 Å². The Labute approximate surface area is 120 Å². The number of hydrogen-bond acceptors (Lipinski definition) is 5. The van der Waals surface area contributed by atoms with Crippen LogP contribution < -0.4 is 5.32 Å². The number of hydrogen-bond donors (Lipinski definition) is 1. The molecule has 0 saturated heterocycles. The van der Waals surface area contributed by atoms with Crippen LogP contribution in [0.15, 0.2) is 29.8 Å². The average Bonchev–Trinajstić information content (AvgIpc) is 2.83. The Hall–Kier alpha value is -1.59. The van der Waals surface area contributed by atoms with Crippen LogP contribution in [0.25, 0.3) is 0 Å². The van der Waals surface area contributed by atoms with Crippen LogP contribution in [-0.2, 0) is 9.53 Å². The second-order valence-electron chi connectivity index (χ2n) is 3.88. The molecular formula is C13H13ClN2O2S. The minimum atomic E-state index is -0.600. The lowest BCUT2D eigenvalue weighted by Crippen LogP contribution is -2.22. The molecule has 0 fully saturated rings. The van der Waals surface area contributed by atoms with Crippen molar-refractivity contribution in [3.05, 3.63) is 45.4 Å². The number of methoxy groups -OCH3 is 1. The summed E-state index contributed by atoms with van der Waals surface area (Å²) in [5, 5.41) is 3.66. The molecule has 1 aromatic heterocycles. The molecule has 1 atom stereocenters. The molecule has 1 heterocycles. The third kappa shape index (κ3) is 3.05. The zero-order valence-electron chi connectivity index (χ0n) is 10.5. The number of ether oxygens (including phenoxy) is 1. The molecule has 1 unspecified atom stereocenters. The predicted molar refractivity (Wildman–Crippen MR) is 76.7 cm³/mol. The Morgan fingerprint density at radius 3 is 2.79 bits per heavy atom. The summed E-state index contributed by atoms with van der Waals surface area (Å²) >= 11 is 7.50. The van der Waals surface area contributed by atoms with Crippen molar-refractivity contribution in [2.45, 2.75) is 13.0 Å². The highest BCUT2D eigenvalue weighted by Gasteiger charge is 2.25. The van der Waals surface area contributed by atoms with Crippen LogP contribution in [0.5, 0.6) is 0 Å². The van der Waals surface area contributed by atoms with Gasteiger partial charge in [-0.15, -0.1) is 11.3 Å². The maximum absolute atomic E-state index is 11.9. The molecule has 0 bridgehead atoms. The number of halogens is 1. The van der Waals surface area contributed by atoms with Crippen LogP contribution in [0, 0.1) is 6.92 Å². The van der Waals surface area contributed by atoms with Crippen LogP contribution in [0.1, 0.15) is 16.6 Å². The van der Waals surface area contributed by atoms with Gasteiger partial charge in [0.25, 0.3) is 0 Å². The summed E-state index contributed by atoms with van der Waals surface area (Å²) in [5.74, 6) is -0.368. The van der Waals surface area contributed by atoms with Gasteiger partial charge in [-0.3, -0.25) is 0 Å². The van der Waals surface area contributed by atoms with E-state index in [1.54, 1.807) is 11.6 Å². The van der Waals surface area contributed by atoms with Gasteiger partial charge >= 0.3 is 5.97 Å². The highest BCUT2D eigenvalue weighted by molar-refractivity contribution is 7.10. The van der Waals surface area contributed by atoms with Crippen molar-refractivity contribution >= 4 is 34.6 Å². The maximum atomic E-state index is 11.9. The lowest BCUT2D eigenvalue weighted by Gasteiger charge is -2.17. The molecule has 0 aliphatic heterocycles. The fourth-order valence-corrected chi connectivity index (χ4v) is 2.70. The number of thiazole rings is 1. The Morgan fingerprint density at radius 2 is 2.21 bits per heavy atom. The quantitative estimate of drug-likeness (QED) is 0.878. The number of benzene rings is 1. The standard InChI is InChI=1S/C13H13ClN2O2S/c1-8-12(19-7-15-8)11(13(17)18-2)16-10-6-4-3-5-9(10)14/h3-7,11,16H,1-2H3. The SMILES string of the molecule is COC(=O)C(Nc1ccccc1Cl)c1scnc1C. The molecule has 19 heavy (non-hydrogen) atoms. The first-order valence-corrected chi connectivity index (χ1v) is 6.88. The Bertz CT molecular complexity index is 586. The number of nitrogens with zero attached hydrogens (tertiary/aromatic N) is 1. The summed E-state index contributed by atoms with van der Waals surface area (Å²) < 4.78 is 4.84. The molecule has 0 aliphatic carbocycles. The van der Waals surface area contributed by atoms with E-state index < -0.39 is 6.04 Å². The van der Waals surface area contributed by atoms with Gasteiger partial charge in [-0.2, -0.15) is 0 Å². The molecule has 6 heteroatoms. The molecular weight excluding hydrogens is 284 g/mol. The topological polar surface area (TPSA) is 51.2 Å². The molecule has 0 saturated carbocycles. The summed E-state index contributed by atoms with van der Waals surface area (Å²) in [7, 11) is 1.36. The van der Waals surface area contributed by atoms with E-state index in [0.717, 1.165) is 10.6 Å². The van der Waals surface area contributed by atoms with Crippen LogP contribution >= 0.6 is 22.9 Å². The van der Waals surface area contributed by atoms with Crippen molar-refractivity contribution < 1.29 is 9.53 Å². The van der Waals surface area contributed by atoms with Crippen LogP contribution in [0.3, 0.4) is 0 Å². The summed E-state index contributed by atoms with van der Waals surface area (Å²) in [6.07, 6.45) is 0. The Balaban J connectivity index is 2.33. The number of carbonyl (C=O) groups is 1. The number of rotatable bonds is 4. The van der Waals surface area contributed by atoms with Gasteiger partial charge < -0.3 is 10.1 Å². The highest BCUT2D eigenvalue weighted by atomic mass is 35.5. The zero-order valence-corrected chi connectivity index (χ0v) is 12.1. The number of nitrogens with one attached hydrogen (secondary N) is 1. The number of aryl methyl sites for hydroxylation is 1. The smallest absolute Gasteiger partial charge is 0.333 e. The zero-order chi connectivity index (χ0) is 13.8. The van der Waals surface area contributed by atoms with E-state index in [1.165, 1.54) is 18.4 Å². The average molecular weight is 297 g/mol. The third-order valence-corrected chi connectivity index (χ3v) is 3.98. The molecule has 4 nitrogen and oxygen atoms in total. The normalized spacial score (nSPS) is 11.9. The predicted octanol–water partition coefficient (Wildman–Crippen LogP) is 3.43. The van der Waals surface area contributed by atoms with Gasteiger partial charge in [0, 0.05) is 0 Å². The van der Waals surface area contributed by atoms with E-state index in [0.29, 0.717) is 10.7 Å². The molecule has 0 amide bonds. The molecule has 2 aromatic rings. The van der Waals surface area contributed by atoms with E-state index in [9.17, 15) is 4.79 Å². The maximum Gasteiger partial charge on any atom is 0.333 e. The number of carbonyl (C=O) groups excluding carboxylic acids is 1. The van der Waals surface area contributed by atoms with Gasteiger partial charge in [-0.05, 0) is 19.1 Å². The van der Waals surface area contributed by atoms with Gasteiger partial charge in [-0.25, -0.2) is 9.78 Å². The van der Waals surface area contributed by atoms with E-state index in [2.05, 4.69) is 10.3 Å². The van der Waals surface area contributed by atoms with Crippen LogP contribution in [-0.4, -0.2) is 18.1 Å². The van der Waals surface area contributed by atoms with E-state index in [4.69, 9.17) is 16.3 Å². The summed E-state index contributed by atoms with van der Waals surface area (Å²) in [6, 6.07) is 6.66. The first-order chi connectivity index (χ1) is 9.13. The van der Waals surface area contributed by atoms with Gasteiger partial charge in [0.2, 0.25) is 0 Å². The van der Waals surface area contributed by atoms with Crippen molar-refractivity contribution in [3.63, 3.8) is 0 Å². The molecule has 2 rings (SSSR count). The molecule has 100 valence electrons. The van der Waals surface area contributed by atoms with Crippen molar-refractivity contribution in [2.75, 3.05) is 12.4 Å². The molecule has 0 aliphatic rings. The third-order valence-electron chi connectivity index (χ3n) is 2.66. The fourth-order valence-electron chi connectivity index (χ4n) is 1.67. The van der Waals surface area contributed by atoms with Crippen molar-refractivity contribution in [1.82, 2.24) is 4.98 Å². The number of aromatic nitrogens is 1. The first kappa shape index (κ1) is 13.8. The molecule has 1 N–H and O–H groups in total. The summed E-state index contributed by atoms with van der Waals surface area (Å²) in [6.45, 7) is 1.86. The monoisotopic (exact) mass is 296 g/mol. The number of para-hydroxylation sites is 1. The second-order valence-corrected chi connectivity index (χ2v) is 5.18. The van der Waals surface area contributed by atoms with Crippen molar-refractivity contribution in [1.29, 1.82) is 0 Å².